The number of hydrazine groups is 1. The minimum atomic E-state index is -0.390. The summed E-state index contributed by atoms with van der Waals surface area (Å²) in [5, 5.41) is 11.1. The summed E-state index contributed by atoms with van der Waals surface area (Å²) in [5.41, 5.74) is 3.88. The average molecular weight is 292 g/mol. The van der Waals surface area contributed by atoms with Crippen LogP contribution < -0.4 is 11.3 Å². The first-order valence-corrected chi connectivity index (χ1v) is 7.64. The molecule has 3 N–H and O–H groups in total. The lowest BCUT2D eigenvalue weighted by Crippen LogP contribution is -2.34. The first-order chi connectivity index (χ1) is 10.2. The van der Waals surface area contributed by atoms with Gasteiger partial charge in [-0.25, -0.2) is 0 Å². The highest BCUT2D eigenvalue weighted by Gasteiger charge is 2.23. The van der Waals surface area contributed by atoms with E-state index in [1.165, 1.54) is 31.7 Å². The second-order valence-corrected chi connectivity index (χ2v) is 5.59. The predicted octanol–water partition coefficient (Wildman–Crippen LogP) is 3.04. The Morgan fingerprint density at radius 2 is 2.24 bits per heavy atom. The highest BCUT2D eigenvalue weighted by molar-refractivity contribution is 5.65. The van der Waals surface area contributed by atoms with Crippen LogP contribution in [0.5, 0.6) is 0 Å². The highest BCUT2D eigenvalue weighted by atomic mass is 16.6. The Morgan fingerprint density at radius 3 is 2.90 bits per heavy atom. The van der Waals surface area contributed by atoms with Crippen LogP contribution in [0.1, 0.15) is 44.6 Å². The van der Waals surface area contributed by atoms with Gasteiger partial charge in [0.1, 0.15) is 5.69 Å². The van der Waals surface area contributed by atoms with Gasteiger partial charge in [-0.1, -0.05) is 31.9 Å². The first-order valence-electron chi connectivity index (χ1n) is 7.64. The molecular formula is C15H24N4O2. The summed E-state index contributed by atoms with van der Waals surface area (Å²) in [4.78, 5) is 13.1. The van der Waals surface area contributed by atoms with Crippen molar-refractivity contribution in [2.24, 2.45) is 5.84 Å². The van der Waals surface area contributed by atoms with Crippen molar-refractivity contribution < 1.29 is 4.92 Å². The van der Waals surface area contributed by atoms with Crippen LogP contribution in [-0.2, 0) is 6.54 Å². The number of nitrogen functional groups attached to an aromatic ring is 1. The topological polar surface area (TPSA) is 84.4 Å². The normalized spacial score (nSPS) is 20.0. The van der Waals surface area contributed by atoms with E-state index in [-0.39, 0.29) is 5.69 Å². The van der Waals surface area contributed by atoms with E-state index in [4.69, 9.17) is 5.84 Å². The Labute approximate surface area is 125 Å². The minimum absolute atomic E-state index is 0.0397. The zero-order chi connectivity index (χ0) is 15.2. The van der Waals surface area contributed by atoms with Gasteiger partial charge in [-0.15, -0.1) is 0 Å². The number of nitrogens with zero attached hydrogens (tertiary/aromatic N) is 2. The van der Waals surface area contributed by atoms with E-state index in [0.717, 1.165) is 18.5 Å². The number of rotatable bonds is 5. The Morgan fingerprint density at radius 1 is 1.43 bits per heavy atom. The van der Waals surface area contributed by atoms with Gasteiger partial charge in [-0.2, -0.15) is 0 Å². The first kappa shape index (κ1) is 15.7. The molecule has 6 heteroatoms. The van der Waals surface area contributed by atoms with Gasteiger partial charge in [0.25, 0.3) is 5.69 Å². The van der Waals surface area contributed by atoms with Crippen molar-refractivity contribution in [3.63, 3.8) is 0 Å². The van der Waals surface area contributed by atoms with Crippen LogP contribution in [0.15, 0.2) is 18.2 Å². The summed E-state index contributed by atoms with van der Waals surface area (Å²) in [6.07, 6.45) is 6.05. The van der Waals surface area contributed by atoms with Crippen molar-refractivity contribution in [2.45, 2.75) is 51.6 Å². The van der Waals surface area contributed by atoms with E-state index in [1.54, 1.807) is 6.07 Å². The quantitative estimate of drug-likeness (QED) is 0.495. The van der Waals surface area contributed by atoms with Gasteiger partial charge in [-0.3, -0.25) is 20.9 Å². The smallest absolute Gasteiger partial charge is 0.293 e. The Hall–Kier alpha value is -1.66. The largest absolute Gasteiger partial charge is 0.318 e. The maximum absolute atomic E-state index is 11.1. The van der Waals surface area contributed by atoms with Crippen molar-refractivity contribution >= 4 is 11.4 Å². The number of nitrogens with two attached hydrogens (primary N) is 1. The van der Waals surface area contributed by atoms with E-state index in [2.05, 4.69) is 17.2 Å². The van der Waals surface area contributed by atoms with Crippen LogP contribution >= 0.6 is 0 Å². The number of anilines is 1. The van der Waals surface area contributed by atoms with Gasteiger partial charge < -0.3 is 5.43 Å². The number of nitrogens with one attached hydrogen (secondary N) is 1. The molecule has 0 radical (unpaired) electrons. The zero-order valence-corrected chi connectivity index (χ0v) is 12.5. The molecule has 0 aliphatic carbocycles. The molecule has 2 rings (SSSR count). The van der Waals surface area contributed by atoms with E-state index in [0.29, 0.717) is 18.3 Å². The summed E-state index contributed by atoms with van der Waals surface area (Å²) in [5.74, 6) is 5.52. The van der Waals surface area contributed by atoms with Gasteiger partial charge in [-0.05, 0) is 31.4 Å². The molecule has 1 fully saturated rings. The summed E-state index contributed by atoms with van der Waals surface area (Å²) >= 11 is 0. The average Bonchev–Trinajstić information content (AvgIpc) is 2.71. The molecule has 1 heterocycles. The number of likely N-dealkylation sites (tertiary alicyclic amines) is 1. The summed E-state index contributed by atoms with van der Waals surface area (Å²) < 4.78 is 0. The van der Waals surface area contributed by atoms with Crippen LogP contribution in [0.2, 0.25) is 0 Å². The fourth-order valence-corrected chi connectivity index (χ4v) is 3.16. The van der Waals surface area contributed by atoms with E-state index in [9.17, 15) is 10.1 Å². The fourth-order valence-electron chi connectivity index (χ4n) is 3.16. The van der Waals surface area contributed by atoms with Crippen LogP contribution in [0.4, 0.5) is 11.4 Å². The summed E-state index contributed by atoms with van der Waals surface area (Å²) in [7, 11) is 0. The third-order valence-corrected chi connectivity index (χ3v) is 4.31. The van der Waals surface area contributed by atoms with Crippen LogP contribution in [0.3, 0.4) is 0 Å². The molecule has 0 amide bonds. The fraction of sp³-hybridized carbons (Fsp3) is 0.600. The molecule has 1 aromatic rings. The van der Waals surface area contributed by atoms with Crippen LogP contribution in [-0.4, -0.2) is 22.4 Å². The van der Waals surface area contributed by atoms with Crippen molar-refractivity contribution in [3.8, 4) is 0 Å². The lowest BCUT2D eigenvalue weighted by atomic mass is 10.1. The zero-order valence-electron chi connectivity index (χ0n) is 12.5. The second-order valence-electron chi connectivity index (χ2n) is 5.59. The summed E-state index contributed by atoms with van der Waals surface area (Å²) in [6, 6.07) is 5.68. The molecular weight excluding hydrogens is 268 g/mol. The molecule has 0 saturated carbocycles. The van der Waals surface area contributed by atoms with Crippen molar-refractivity contribution in [3.05, 3.63) is 33.9 Å². The van der Waals surface area contributed by atoms with Crippen molar-refractivity contribution in [1.82, 2.24) is 4.90 Å². The molecule has 1 unspecified atom stereocenters. The van der Waals surface area contributed by atoms with E-state index < -0.39 is 4.92 Å². The van der Waals surface area contributed by atoms with Crippen molar-refractivity contribution in [2.75, 3.05) is 12.0 Å². The molecule has 116 valence electrons. The van der Waals surface area contributed by atoms with Gasteiger partial charge in [0.05, 0.1) is 4.92 Å². The number of benzene rings is 1. The van der Waals surface area contributed by atoms with Gasteiger partial charge in [0, 0.05) is 18.7 Å². The Balaban J connectivity index is 2.25. The standard InChI is InChI=1S/C15H24N4O2/c1-2-13-8-4-3-5-10-18(13)11-12-7-6-9-14(19(20)21)15(12)17-16/h6-7,9,13,17H,2-5,8,10-11,16H2,1H3. The third kappa shape index (κ3) is 3.71. The number of nitro benzene ring substituents is 1. The molecule has 1 atom stereocenters. The molecule has 0 aromatic heterocycles. The van der Waals surface area contributed by atoms with Crippen molar-refractivity contribution in [1.29, 1.82) is 0 Å². The molecule has 0 spiro atoms. The highest BCUT2D eigenvalue weighted by Crippen LogP contribution is 2.30. The lowest BCUT2D eigenvalue weighted by molar-refractivity contribution is -0.384. The summed E-state index contributed by atoms with van der Waals surface area (Å²) in [6.45, 7) is 3.96. The van der Waals surface area contributed by atoms with Crippen LogP contribution in [0.25, 0.3) is 0 Å². The van der Waals surface area contributed by atoms with E-state index in [1.807, 2.05) is 6.07 Å². The Kier molecular flexibility index (Phi) is 5.52. The molecule has 1 aliphatic rings. The van der Waals surface area contributed by atoms with E-state index >= 15 is 0 Å². The molecule has 6 nitrogen and oxygen atoms in total. The number of nitro groups is 1. The lowest BCUT2D eigenvalue weighted by Gasteiger charge is -2.29. The maximum atomic E-state index is 11.1. The Bertz CT molecular complexity index is 493. The maximum Gasteiger partial charge on any atom is 0.293 e. The van der Waals surface area contributed by atoms with Gasteiger partial charge in [0.2, 0.25) is 0 Å². The van der Waals surface area contributed by atoms with Crippen LogP contribution in [0, 0.1) is 10.1 Å². The monoisotopic (exact) mass is 292 g/mol. The number of para-hydroxylation sites is 1. The SMILES string of the molecule is CCC1CCCCCN1Cc1cccc([N+](=O)[O-])c1NN. The van der Waals surface area contributed by atoms with Gasteiger partial charge >= 0.3 is 0 Å². The molecule has 1 aromatic carbocycles. The molecule has 1 saturated heterocycles. The molecule has 0 bridgehead atoms. The second kappa shape index (κ2) is 7.38. The number of hydrogen-bond donors (Lipinski definition) is 2. The molecule has 21 heavy (non-hydrogen) atoms. The predicted molar refractivity (Wildman–Crippen MR) is 83.9 cm³/mol. The third-order valence-electron chi connectivity index (χ3n) is 4.31. The minimum Gasteiger partial charge on any atom is -0.318 e. The molecule has 1 aliphatic heterocycles. The number of hydrogen-bond acceptors (Lipinski definition) is 5. The van der Waals surface area contributed by atoms with Gasteiger partial charge in [0.15, 0.2) is 0 Å².